The van der Waals surface area contributed by atoms with Crippen LogP contribution in [0.15, 0.2) is 54.6 Å². The smallest absolute Gasteiger partial charge is 0.123 e. The van der Waals surface area contributed by atoms with Crippen molar-refractivity contribution in [1.82, 2.24) is 0 Å². The van der Waals surface area contributed by atoms with E-state index in [0.29, 0.717) is 19.8 Å². The Labute approximate surface area is 113 Å². The molecule has 3 heteroatoms. The van der Waals surface area contributed by atoms with Gasteiger partial charge in [0.25, 0.3) is 0 Å². The average molecular weight is 259 g/mol. The van der Waals surface area contributed by atoms with E-state index in [2.05, 4.69) is 0 Å². The summed E-state index contributed by atoms with van der Waals surface area (Å²) in [6.45, 7) is 1.49. The fourth-order valence-electron chi connectivity index (χ4n) is 1.95. The van der Waals surface area contributed by atoms with Gasteiger partial charge < -0.3 is 10.5 Å². The molecule has 0 aliphatic heterocycles. The number of ether oxygens (including phenoxy) is 1. The molecule has 100 valence electrons. The van der Waals surface area contributed by atoms with Gasteiger partial charge in [0.2, 0.25) is 0 Å². The van der Waals surface area contributed by atoms with Crippen molar-refractivity contribution in [2.75, 3.05) is 13.2 Å². The second kappa shape index (κ2) is 7.02. The van der Waals surface area contributed by atoms with Crippen LogP contribution in [-0.2, 0) is 11.3 Å². The molecule has 0 saturated heterocycles. The van der Waals surface area contributed by atoms with E-state index in [9.17, 15) is 4.39 Å². The maximum atomic E-state index is 13.2. The van der Waals surface area contributed by atoms with Gasteiger partial charge in [-0.15, -0.1) is 0 Å². The fourth-order valence-corrected chi connectivity index (χ4v) is 1.95. The van der Waals surface area contributed by atoms with Crippen LogP contribution in [-0.4, -0.2) is 13.2 Å². The fraction of sp³-hybridized carbons (Fsp3) is 0.250. The van der Waals surface area contributed by atoms with Gasteiger partial charge >= 0.3 is 0 Å². The predicted molar refractivity (Wildman–Crippen MR) is 74.3 cm³/mol. The molecule has 0 aliphatic rings. The molecule has 0 heterocycles. The molecule has 1 atom stereocenters. The third-order valence-corrected chi connectivity index (χ3v) is 3.04. The zero-order valence-corrected chi connectivity index (χ0v) is 10.8. The minimum absolute atomic E-state index is 0.0272. The first-order valence-corrected chi connectivity index (χ1v) is 6.37. The van der Waals surface area contributed by atoms with Crippen LogP contribution in [0.4, 0.5) is 4.39 Å². The second-order valence-electron chi connectivity index (χ2n) is 4.49. The lowest BCUT2D eigenvalue weighted by atomic mass is 10.0. The molecule has 0 bridgehead atoms. The van der Waals surface area contributed by atoms with Crippen LogP contribution < -0.4 is 5.73 Å². The lowest BCUT2D eigenvalue weighted by Gasteiger charge is -2.15. The highest BCUT2D eigenvalue weighted by Crippen LogP contribution is 2.16. The molecule has 2 aromatic carbocycles. The number of rotatable bonds is 6. The molecule has 0 amide bonds. The molecule has 0 aromatic heterocycles. The van der Waals surface area contributed by atoms with Gasteiger partial charge in [0.05, 0.1) is 13.2 Å². The Morgan fingerprint density at radius 3 is 2.53 bits per heavy atom. The normalized spacial score (nSPS) is 12.3. The SMILES string of the molecule is NCC(COCc1ccccc1)c1cccc(F)c1. The Morgan fingerprint density at radius 2 is 1.84 bits per heavy atom. The molecular weight excluding hydrogens is 241 g/mol. The van der Waals surface area contributed by atoms with E-state index in [1.165, 1.54) is 12.1 Å². The molecule has 0 fully saturated rings. The molecule has 2 rings (SSSR count). The lowest BCUT2D eigenvalue weighted by Crippen LogP contribution is -2.18. The monoisotopic (exact) mass is 259 g/mol. The molecule has 19 heavy (non-hydrogen) atoms. The molecule has 2 aromatic rings. The Balaban J connectivity index is 1.89. The van der Waals surface area contributed by atoms with Crippen molar-refractivity contribution in [2.24, 2.45) is 5.73 Å². The van der Waals surface area contributed by atoms with E-state index in [0.717, 1.165) is 11.1 Å². The summed E-state index contributed by atoms with van der Waals surface area (Å²) in [5.74, 6) is -0.210. The summed E-state index contributed by atoms with van der Waals surface area (Å²) in [5.41, 5.74) is 7.74. The molecule has 1 unspecified atom stereocenters. The molecule has 2 N–H and O–H groups in total. The topological polar surface area (TPSA) is 35.2 Å². The summed E-state index contributed by atoms with van der Waals surface area (Å²) >= 11 is 0. The van der Waals surface area contributed by atoms with Gasteiger partial charge in [0.15, 0.2) is 0 Å². The summed E-state index contributed by atoms with van der Waals surface area (Å²) in [7, 11) is 0. The number of hydrogen-bond donors (Lipinski definition) is 1. The molecule has 0 radical (unpaired) electrons. The maximum absolute atomic E-state index is 13.2. The Bertz CT molecular complexity index is 501. The van der Waals surface area contributed by atoms with Crippen LogP contribution in [0.3, 0.4) is 0 Å². The van der Waals surface area contributed by atoms with Crippen LogP contribution in [0.5, 0.6) is 0 Å². The Hall–Kier alpha value is -1.71. The summed E-state index contributed by atoms with van der Waals surface area (Å²) in [5, 5.41) is 0. The van der Waals surface area contributed by atoms with Crippen molar-refractivity contribution >= 4 is 0 Å². The second-order valence-corrected chi connectivity index (χ2v) is 4.49. The minimum atomic E-state index is -0.237. The van der Waals surface area contributed by atoms with Gasteiger partial charge in [0.1, 0.15) is 5.82 Å². The van der Waals surface area contributed by atoms with Gasteiger partial charge in [-0.05, 0) is 23.3 Å². The highest BCUT2D eigenvalue weighted by molar-refractivity contribution is 5.21. The van der Waals surface area contributed by atoms with Crippen LogP contribution in [0.25, 0.3) is 0 Å². The van der Waals surface area contributed by atoms with Gasteiger partial charge in [-0.2, -0.15) is 0 Å². The predicted octanol–water partition coefficient (Wildman–Crippen LogP) is 3.08. The summed E-state index contributed by atoms with van der Waals surface area (Å²) in [6.07, 6.45) is 0. The van der Waals surface area contributed by atoms with Crippen LogP contribution >= 0.6 is 0 Å². The van der Waals surface area contributed by atoms with Gasteiger partial charge in [-0.3, -0.25) is 0 Å². The van der Waals surface area contributed by atoms with Gasteiger partial charge in [-0.1, -0.05) is 42.5 Å². The van der Waals surface area contributed by atoms with E-state index in [1.54, 1.807) is 6.07 Å². The van der Waals surface area contributed by atoms with Crippen LogP contribution in [0.2, 0.25) is 0 Å². The third kappa shape index (κ3) is 4.16. The first-order valence-electron chi connectivity index (χ1n) is 6.37. The molecule has 2 nitrogen and oxygen atoms in total. The van der Waals surface area contributed by atoms with E-state index >= 15 is 0 Å². The molecular formula is C16H18FNO. The Kier molecular flexibility index (Phi) is 5.07. The van der Waals surface area contributed by atoms with E-state index in [4.69, 9.17) is 10.5 Å². The number of nitrogens with two attached hydrogens (primary N) is 1. The summed E-state index contributed by atoms with van der Waals surface area (Å²) < 4.78 is 18.8. The molecule has 0 spiro atoms. The van der Waals surface area contributed by atoms with E-state index in [-0.39, 0.29) is 11.7 Å². The van der Waals surface area contributed by atoms with Crippen LogP contribution in [0.1, 0.15) is 17.0 Å². The standard InChI is InChI=1S/C16H18FNO/c17-16-8-4-7-14(9-16)15(10-18)12-19-11-13-5-2-1-3-6-13/h1-9,15H,10-12,18H2. The minimum Gasteiger partial charge on any atom is -0.376 e. The maximum Gasteiger partial charge on any atom is 0.123 e. The lowest BCUT2D eigenvalue weighted by molar-refractivity contribution is 0.108. The van der Waals surface area contributed by atoms with E-state index < -0.39 is 0 Å². The van der Waals surface area contributed by atoms with E-state index in [1.807, 2.05) is 36.4 Å². The van der Waals surface area contributed by atoms with Crippen molar-refractivity contribution in [3.63, 3.8) is 0 Å². The quantitative estimate of drug-likeness (QED) is 0.865. The summed E-state index contributed by atoms with van der Waals surface area (Å²) in [4.78, 5) is 0. The van der Waals surface area contributed by atoms with Crippen molar-refractivity contribution in [3.05, 3.63) is 71.5 Å². The third-order valence-electron chi connectivity index (χ3n) is 3.04. The number of hydrogen-bond acceptors (Lipinski definition) is 2. The van der Waals surface area contributed by atoms with Crippen molar-refractivity contribution in [3.8, 4) is 0 Å². The molecule has 0 aliphatic carbocycles. The number of benzene rings is 2. The van der Waals surface area contributed by atoms with Gasteiger partial charge in [0, 0.05) is 12.5 Å². The Morgan fingerprint density at radius 1 is 1.05 bits per heavy atom. The van der Waals surface area contributed by atoms with Crippen molar-refractivity contribution in [2.45, 2.75) is 12.5 Å². The summed E-state index contributed by atoms with van der Waals surface area (Å²) in [6, 6.07) is 16.5. The van der Waals surface area contributed by atoms with Crippen molar-refractivity contribution < 1.29 is 9.13 Å². The average Bonchev–Trinajstić information content (AvgIpc) is 2.45. The largest absolute Gasteiger partial charge is 0.376 e. The molecule has 0 saturated carbocycles. The zero-order chi connectivity index (χ0) is 13.5. The first-order chi connectivity index (χ1) is 9.29. The van der Waals surface area contributed by atoms with Crippen molar-refractivity contribution in [1.29, 1.82) is 0 Å². The zero-order valence-electron chi connectivity index (χ0n) is 10.8. The van der Waals surface area contributed by atoms with Gasteiger partial charge in [-0.25, -0.2) is 4.39 Å². The highest BCUT2D eigenvalue weighted by atomic mass is 19.1. The first kappa shape index (κ1) is 13.7. The highest BCUT2D eigenvalue weighted by Gasteiger charge is 2.10. The van der Waals surface area contributed by atoms with Crippen LogP contribution in [0, 0.1) is 5.82 Å². The number of halogens is 1.